The molecule has 1 aliphatic carbocycles. The third kappa shape index (κ3) is 3.31. The topological polar surface area (TPSA) is 38.9 Å². The monoisotopic (exact) mass is 514 g/mol. The molecule has 0 atom stereocenters. The lowest BCUT2D eigenvalue weighted by molar-refractivity contribution is 0.658. The molecule has 0 amide bonds. The SMILES string of the molecule is CC1(C)c2ccccc2-c2nc(-c3ccccc3)nc(-c3ccc(-c4cccc5c4oc4ccccc45)cc3)c21. The summed E-state index contributed by atoms with van der Waals surface area (Å²) >= 11 is 0. The van der Waals surface area contributed by atoms with Gasteiger partial charge in [-0.3, -0.25) is 0 Å². The molecule has 2 heterocycles. The van der Waals surface area contributed by atoms with Gasteiger partial charge in [0.15, 0.2) is 5.82 Å². The molecular formula is C37H26N2O. The minimum atomic E-state index is -0.213. The van der Waals surface area contributed by atoms with Crippen LogP contribution in [0.25, 0.3) is 67.0 Å². The smallest absolute Gasteiger partial charge is 0.160 e. The highest BCUT2D eigenvalue weighted by Crippen LogP contribution is 2.51. The average Bonchev–Trinajstić information content (AvgIpc) is 3.50. The van der Waals surface area contributed by atoms with Gasteiger partial charge in [0.2, 0.25) is 0 Å². The first kappa shape index (κ1) is 22.9. The molecule has 0 unspecified atom stereocenters. The first-order valence-electron chi connectivity index (χ1n) is 13.7. The van der Waals surface area contributed by atoms with Gasteiger partial charge in [0, 0.05) is 44.0 Å². The van der Waals surface area contributed by atoms with E-state index in [0.717, 1.165) is 61.4 Å². The quantitative estimate of drug-likeness (QED) is 0.236. The van der Waals surface area contributed by atoms with E-state index in [4.69, 9.17) is 14.4 Å². The van der Waals surface area contributed by atoms with Gasteiger partial charge in [-0.15, -0.1) is 0 Å². The lowest BCUT2D eigenvalue weighted by Crippen LogP contribution is -2.17. The van der Waals surface area contributed by atoms with Crippen LogP contribution in [0.5, 0.6) is 0 Å². The number of hydrogen-bond donors (Lipinski definition) is 0. The molecule has 0 bridgehead atoms. The Hall–Kier alpha value is -5.02. The van der Waals surface area contributed by atoms with Gasteiger partial charge in [0.05, 0.1) is 11.4 Å². The number of rotatable bonds is 3. The van der Waals surface area contributed by atoms with Gasteiger partial charge < -0.3 is 4.42 Å². The molecule has 5 aromatic carbocycles. The molecule has 2 aromatic heterocycles. The largest absolute Gasteiger partial charge is 0.455 e. The highest BCUT2D eigenvalue weighted by atomic mass is 16.3. The van der Waals surface area contributed by atoms with Crippen molar-refractivity contribution in [2.75, 3.05) is 0 Å². The van der Waals surface area contributed by atoms with E-state index in [0.29, 0.717) is 0 Å². The highest BCUT2D eigenvalue weighted by molar-refractivity contribution is 6.09. The van der Waals surface area contributed by atoms with Gasteiger partial charge in [-0.2, -0.15) is 0 Å². The molecular weight excluding hydrogens is 488 g/mol. The number of para-hydroxylation sites is 2. The Labute approximate surface area is 232 Å². The first-order chi connectivity index (χ1) is 19.6. The van der Waals surface area contributed by atoms with Crippen LogP contribution in [0.2, 0.25) is 0 Å². The molecule has 1 aliphatic rings. The molecule has 0 aliphatic heterocycles. The summed E-state index contributed by atoms with van der Waals surface area (Å²) in [5.41, 5.74) is 11.6. The van der Waals surface area contributed by atoms with Gasteiger partial charge >= 0.3 is 0 Å². The van der Waals surface area contributed by atoms with E-state index in [9.17, 15) is 0 Å². The maximum atomic E-state index is 6.32. The van der Waals surface area contributed by atoms with Gasteiger partial charge in [0.1, 0.15) is 11.2 Å². The zero-order chi connectivity index (χ0) is 26.8. The molecule has 3 heteroatoms. The van der Waals surface area contributed by atoms with Crippen LogP contribution in [0.3, 0.4) is 0 Å². The molecule has 0 spiro atoms. The van der Waals surface area contributed by atoms with Crippen molar-refractivity contribution in [2.24, 2.45) is 0 Å². The molecule has 190 valence electrons. The molecule has 3 nitrogen and oxygen atoms in total. The van der Waals surface area contributed by atoms with Crippen LogP contribution in [-0.2, 0) is 5.41 Å². The van der Waals surface area contributed by atoms with Crippen molar-refractivity contribution in [2.45, 2.75) is 19.3 Å². The Morgan fingerprint density at radius 3 is 2.02 bits per heavy atom. The van der Waals surface area contributed by atoms with E-state index in [1.165, 1.54) is 16.7 Å². The Kier molecular flexibility index (Phi) is 4.86. The van der Waals surface area contributed by atoms with E-state index in [-0.39, 0.29) is 5.41 Å². The number of furan rings is 1. The van der Waals surface area contributed by atoms with E-state index in [2.05, 4.69) is 105 Å². The first-order valence-corrected chi connectivity index (χ1v) is 13.7. The predicted octanol–water partition coefficient (Wildman–Crippen LogP) is 9.68. The van der Waals surface area contributed by atoms with E-state index >= 15 is 0 Å². The van der Waals surface area contributed by atoms with E-state index in [1.807, 2.05) is 30.3 Å². The van der Waals surface area contributed by atoms with Gasteiger partial charge in [-0.05, 0) is 17.2 Å². The fourth-order valence-electron chi connectivity index (χ4n) is 6.32. The highest BCUT2D eigenvalue weighted by Gasteiger charge is 2.39. The number of benzene rings is 5. The Balaban J connectivity index is 1.31. The number of hydrogen-bond acceptors (Lipinski definition) is 3. The number of aromatic nitrogens is 2. The summed E-state index contributed by atoms with van der Waals surface area (Å²) in [6, 6.07) is 42.2. The predicted molar refractivity (Wildman–Crippen MR) is 163 cm³/mol. The van der Waals surface area contributed by atoms with Crippen molar-refractivity contribution in [3.63, 3.8) is 0 Å². The molecule has 7 aromatic rings. The molecule has 0 saturated heterocycles. The minimum Gasteiger partial charge on any atom is -0.455 e. The summed E-state index contributed by atoms with van der Waals surface area (Å²) < 4.78 is 6.32. The minimum absolute atomic E-state index is 0.213. The lowest BCUT2D eigenvalue weighted by Gasteiger charge is -2.24. The van der Waals surface area contributed by atoms with Crippen molar-refractivity contribution in [3.05, 3.63) is 132 Å². The third-order valence-electron chi connectivity index (χ3n) is 8.30. The number of fused-ring (bicyclic) bond motifs is 6. The van der Waals surface area contributed by atoms with Crippen molar-refractivity contribution in [3.8, 4) is 45.0 Å². The van der Waals surface area contributed by atoms with Crippen molar-refractivity contribution < 1.29 is 4.42 Å². The average molecular weight is 515 g/mol. The van der Waals surface area contributed by atoms with Crippen LogP contribution in [0, 0.1) is 0 Å². The summed E-state index contributed by atoms with van der Waals surface area (Å²) in [5.74, 6) is 0.748. The summed E-state index contributed by atoms with van der Waals surface area (Å²) in [6.45, 7) is 4.56. The summed E-state index contributed by atoms with van der Waals surface area (Å²) in [5, 5.41) is 2.28. The molecule has 0 fully saturated rings. The fraction of sp³-hybridized carbons (Fsp3) is 0.0811. The van der Waals surface area contributed by atoms with Crippen LogP contribution >= 0.6 is 0 Å². The van der Waals surface area contributed by atoms with Crippen LogP contribution in [0.1, 0.15) is 25.0 Å². The second-order valence-corrected chi connectivity index (χ2v) is 11.0. The van der Waals surface area contributed by atoms with E-state index in [1.54, 1.807) is 0 Å². The van der Waals surface area contributed by atoms with Gasteiger partial charge in [-0.1, -0.05) is 129 Å². The standard InChI is InChI=1S/C37H26N2O/c1-37(2)30-17-8-6-14-29(30)34-32(37)33(38-36(39-34)25-11-4-3-5-12-25)24-21-19-23(20-22-24)26-15-10-16-28-27-13-7-9-18-31(27)40-35(26)28/h3-22H,1-2H3. The van der Waals surface area contributed by atoms with Crippen LogP contribution in [-0.4, -0.2) is 9.97 Å². The normalized spacial score (nSPS) is 13.4. The molecule has 40 heavy (non-hydrogen) atoms. The second-order valence-electron chi connectivity index (χ2n) is 11.0. The summed E-state index contributed by atoms with van der Waals surface area (Å²) in [4.78, 5) is 10.4. The maximum absolute atomic E-state index is 6.32. The summed E-state index contributed by atoms with van der Waals surface area (Å²) in [7, 11) is 0. The summed E-state index contributed by atoms with van der Waals surface area (Å²) in [6.07, 6.45) is 0. The van der Waals surface area contributed by atoms with Crippen LogP contribution in [0.15, 0.2) is 126 Å². The Morgan fingerprint density at radius 1 is 0.525 bits per heavy atom. The van der Waals surface area contributed by atoms with E-state index < -0.39 is 0 Å². The molecule has 0 saturated carbocycles. The van der Waals surface area contributed by atoms with Gasteiger partial charge in [0.25, 0.3) is 0 Å². The Morgan fingerprint density at radius 2 is 1.18 bits per heavy atom. The maximum Gasteiger partial charge on any atom is 0.160 e. The lowest BCUT2D eigenvalue weighted by atomic mass is 9.80. The molecule has 0 radical (unpaired) electrons. The Bertz CT molecular complexity index is 2070. The van der Waals surface area contributed by atoms with Crippen molar-refractivity contribution in [1.82, 2.24) is 9.97 Å². The van der Waals surface area contributed by atoms with Gasteiger partial charge in [-0.25, -0.2) is 9.97 Å². The zero-order valence-corrected chi connectivity index (χ0v) is 22.3. The van der Waals surface area contributed by atoms with Crippen LogP contribution < -0.4 is 0 Å². The molecule has 0 N–H and O–H groups in total. The third-order valence-corrected chi connectivity index (χ3v) is 8.30. The van der Waals surface area contributed by atoms with Crippen LogP contribution in [0.4, 0.5) is 0 Å². The zero-order valence-electron chi connectivity index (χ0n) is 22.3. The number of nitrogens with zero attached hydrogens (tertiary/aromatic N) is 2. The van der Waals surface area contributed by atoms with Crippen molar-refractivity contribution in [1.29, 1.82) is 0 Å². The molecule has 8 rings (SSSR count). The second kappa shape index (κ2) is 8.49. The fourth-order valence-corrected chi connectivity index (χ4v) is 6.32. The van der Waals surface area contributed by atoms with Crippen molar-refractivity contribution >= 4 is 21.9 Å².